The van der Waals surface area contributed by atoms with Gasteiger partial charge in [-0.1, -0.05) is 0 Å². The van der Waals surface area contributed by atoms with Gasteiger partial charge >= 0.3 is 6.09 Å². The van der Waals surface area contributed by atoms with Crippen LogP contribution in [-0.4, -0.2) is 40.8 Å². The van der Waals surface area contributed by atoms with Crippen LogP contribution in [0.5, 0.6) is 5.75 Å². The van der Waals surface area contributed by atoms with Gasteiger partial charge in [0.05, 0.1) is 12.2 Å². The number of piperidine rings is 1. The number of ether oxygens (including phenoxy) is 2. The maximum absolute atomic E-state index is 12.3. The van der Waals surface area contributed by atoms with Crippen molar-refractivity contribution in [3.8, 4) is 5.75 Å². The molecule has 0 spiro atoms. The van der Waals surface area contributed by atoms with Gasteiger partial charge in [0.15, 0.2) is 0 Å². The molecule has 0 saturated carbocycles. The molecule has 1 unspecified atom stereocenters. The Bertz CT molecular complexity index is 456. The average Bonchev–Trinajstić information content (AvgIpc) is 2.45. The summed E-state index contributed by atoms with van der Waals surface area (Å²) in [5.41, 5.74) is -0.469. The fourth-order valence-electron chi connectivity index (χ4n) is 2.36. The van der Waals surface area contributed by atoms with E-state index in [-0.39, 0.29) is 12.1 Å². The van der Waals surface area contributed by atoms with E-state index in [0.717, 1.165) is 31.6 Å². The summed E-state index contributed by atoms with van der Waals surface area (Å²) in [6.07, 6.45) is 6.21. The average molecular weight is 292 g/mol. The van der Waals surface area contributed by atoms with Gasteiger partial charge in [-0.05, 0) is 52.2 Å². The van der Waals surface area contributed by atoms with Crippen LogP contribution in [0.1, 0.15) is 40.0 Å². The number of carbonyl (C=O) groups excluding carboxylic acids is 1. The first-order valence-electron chi connectivity index (χ1n) is 7.48. The molecule has 116 valence electrons. The van der Waals surface area contributed by atoms with Gasteiger partial charge in [-0.3, -0.25) is 4.98 Å². The molecule has 1 fully saturated rings. The van der Waals surface area contributed by atoms with Crippen molar-refractivity contribution in [1.82, 2.24) is 9.88 Å². The molecular formula is C16H24N2O3. The van der Waals surface area contributed by atoms with Crippen LogP contribution < -0.4 is 4.74 Å². The Balaban J connectivity index is 1.94. The second kappa shape index (κ2) is 6.78. The Morgan fingerprint density at radius 3 is 2.90 bits per heavy atom. The third kappa shape index (κ3) is 4.92. The smallest absolute Gasteiger partial charge is 0.410 e. The minimum atomic E-state index is -0.469. The number of likely N-dealkylation sites (tertiary alicyclic amines) is 1. The maximum Gasteiger partial charge on any atom is 0.410 e. The number of amides is 1. The normalized spacial score (nSPS) is 19.2. The maximum atomic E-state index is 12.3. The predicted octanol–water partition coefficient (Wildman–Crippen LogP) is 3.25. The molecule has 0 radical (unpaired) electrons. The van der Waals surface area contributed by atoms with Crippen LogP contribution in [0.15, 0.2) is 24.5 Å². The summed E-state index contributed by atoms with van der Waals surface area (Å²) in [4.78, 5) is 18.1. The molecule has 1 saturated heterocycles. The van der Waals surface area contributed by atoms with E-state index >= 15 is 0 Å². The fourth-order valence-corrected chi connectivity index (χ4v) is 2.36. The third-order valence-electron chi connectivity index (χ3n) is 3.33. The Kier molecular flexibility index (Phi) is 5.04. The molecule has 5 nitrogen and oxygen atoms in total. The number of pyridine rings is 1. The minimum absolute atomic E-state index is 0.0637. The van der Waals surface area contributed by atoms with Crippen molar-refractivity contribution >= 4 is 6.09 Å². The molecule has 1 amide bonds. The molecule has 0 aromatic carbocycles. The molecule has 5 heteroatoms. The van der Waals surface area contributed by atoms with Crippen LogP contribution in [-0.2, 0) is 4.74 Å². The summed E-state index contributed by atoms with van der Waals surface area (Å²) < 4.78 is 11.2. The van der Waals surface area contributed by atoms with Crippen LogP contribution in [0.3, 0.4) is 0 Å². The highest BCUT2D eigenvalue weighted by molar-refractivity contribution is 5.68. The second-order valence-electron chi connectivity index (χ2n) is 6.32. The summed E-state index contributed by atoms with van der Waals surface area (Å²) in [5, 5.41) is 0. The number of hydrogen-bond acceptors (Lipinski definition) is 4. The van der Waals surface area contributed by atoms with Crippen LogP contribution in [0.4, 0.5) is 4.79 Å². The van der Waals surface area contributed by atoms with E-state index in [0.29, 0.717) is 6.61 Å². The lowest BCUT2D eigenvalue weighted by atomic mass is 10.0. The van der Waals surface area contributed by atoms with Gasteiger partial charge in [-0.2, -0.15) is 0 Å². The van der Waals surface area contributed by atoms with Gasteiger partial charge in [0, 0.05) is 12.7 Å². The number of hydrogen-bond donors (Lipinski definition) is 0. The molecule has 0 N–H and O–H groups in total. The van der Waals surface area contributed by atoms with Crippen molar-refractivity contribution in [2.24, 2.45) is 0 Å². The van der Waals surface area contributed by atoms with Crippen molar-refractivity contribution < 1.29 is 14.3 Å². The summed E-state index contributed by atoms with van der Waals surface area (Å²) in [6, 6.07) is 3.77. The second-order valence-corrected chi connectivity index (χ2v) is 6.32. The van der Waals surface area contributed by atoms with Crippen molar-refractivity contribution in [1.29, 1.82) is 0 Å². The van der Waals surface area contributed by atoms with Gasteiger partial charge in [0.25, 0.3) is 0 Å². The number of rotatable bonds is 3. The van der Waals surface area contributed by atoms with Gasteiger partial charge in [0.2, 0.25) is 0 Å². The molecule has 1 atom stereocenters. The Labute approximate surface area is 126 Å². The molecule has 1 aromatic heterocycles. The predicted molar refractivity (Wildman–Crippen MR) is 80.3 cm³/mol. The zero-order valence-corrected chi connectivity index (χ0v) is 13.0. The Hall–Kier alpha value is -1.78. The van der Waals surface area contributed by atoms with Gasteiger partial charge in [0.1, 0.15) is 18.0 Å². The molecule has 2 heterocycles. The van der Waals surface area contributed by atoms with Crippen LogP contribution in [0.2, 0.25) is 0 Å². The molecule has 0 aliphatic carbocycles. The van der Waals surface area contributed by atoms with Crippen molar-refractivity contribution in [2.45, 2.75) is 51.7 Å². The largest absolute Gasteiger partial charge is 0.490 e. The number of carbonyl (C=O) groups is 1. The first-order chi connectivity index (χ1) is 9.96. The first-order valence-corrected chi connectivity index (χ1v) is 7.48. The van der Waals surface area contributed by atoms with Crippen LogP contribution in [0.25, 0.3) is 0 Å². The van der Waals surface area contributed by atoms with E-state index in [2.05, 4.69) is 4.98 Å². The highest BCUT2D eigenvalue weighted by Gasteiger charge is 2.30. The standard InChI is InChI=1S/C16H24N2O3/c1-16(2,3)21-15(19)18-10-5-4-7-13(18)12-20-14-8-6-9-17-11-14/h6,8-9,11,13H,4-5,7,10,12H2,1-3H3. The van der Waals surface area contributed by atoms with E-state index in [9.17, 15) is 4.79 Å². The Morgan fingerprint density at radius 2 is 2.24 bits per heavy atom. The lowest BCUT2D eigenvalue weighted by Crippen LogP contribution is -2.48. The van der Waals surface area contributed by atoms with E-state index in [1.54, 1.807) is 17.3 Å². The number of nitrogens with zero attached hydrogens (tertiary/aromatic N) is 2. The Morgan fingerprint density at radius 1 is 1.43 bits per heavy atom. The molecule has 2 rings (SSSR count). The van der Waals surface area contributed by atoms with E-state index < -0.39 is 5.60 Å². The third-order valence-corrected chi connectivity index (χ3v) is 3.33. The SMILES string of the molecule is CC(C)(C)OC(=O)N1CCCCC1COc1cccnc1. The highest BCUT2D eigenvalue weighted by atomic mass is 16.6. The van der Waals surface area contributed by atoms with Gasteiger partial charge in [-0.15, -0.1) is 0 Å². The lowest BCUT2D eigenvalue weighted by Gasteiger charge is -2.36. The first kappa shape index (κ1) is 15.6. The zero-order valence-electron chi connectivity index (χ0n) is 13.0. The van der Waals surface area contributed by atoms with Crippen molar-refractivity contribution in [3.63, 3.8) is 0 Å². The molecular weight excluding hydrogens is 268 g/mol. The van der Waals surface area contributed by atoms with Gasteiger partial charge < -0.3 is 14.4 Å². The monoisotopic (exact) mass is 292 g/mol. The lowest BCUT2D eigenvalue weighted by molar-refractivity contribution is 0.00359. The molecule has 1 aromatic rings. The molecule has 0 bridgehead atoms. The van der Waals surface area contributed by atoms with E-state index in [1.807, 2.05) is 32.9 Å². The van der Waals surface area contributed by atoms with E-state index in [4.69, 9.17) is 9.47 Å². The van der Waals surface area contributed by atoms with Crippen molar-refractivity contribution in [3.05, 3.63) is 24.5 Å². The van der Waals surface area contributed by atoms with Crippen LogP contribution in [0, 0.1) is 0 Å². The van der Waals surface area contributed by atoms with Crippen molar-refractivity contribution in [2.75, 3.05) is 13.2 Å². The van der Waals surface area contributed by atoms with Crippen LogP contribution >= 0.6 is 0 Å². The highest BCUT2D eigenvalue weighted by Crippen LogP contribution is 2.21. The zero-order chi connectivity index (χ0) is 15.3. The molecule has 1 aliphatic rings. The summed E-state index contributed by atoms with van der Waals surface area (Å²) in [6.45, 7) is 6.86. The summed E-state index contributed by atoms with van der Waals surface area (Å²) in [5.74, 6) is 0.729. The number of aromatic nitrogens is 1. The summed E-state index contributed by atoms with van der Waals surface area (Å²) >= 11 is 0. The molecule has 21 heavy (non-hydrogen) atoms. The fraction of sp³-hybridized carbons (Fsp3) is 0.625. The van der Waals surface area contributed by atoms with E-state index in [1.165, 1.54) is 0 Å². The minimum Gasteiger partial charge on any atom is -0.490 e. The topological polar surface area (TPSA) is 51.7 Å². The molecule has 1 aliphatic heterocycles. The summed E-state index contributed by atoms with van der Waals surface area (Å²) in [7, 11) is 0. The van der Waals surface area contributed by atoms with Gasteiger partial charge in [-0.25, -0.2) is 4.79 Å². The quantitative estimate of drug-likeness (QED) is 0.858.